The van der Waals surface area contributed by atoms with Gasteiger partial charge in [0.2, 0.25) is 11.8 Å². The summed E-state index contributed by atoms with van der Waals surface area (Å²) in [7, 11) is 1.83. The first-order chi connectivity index (χ1) is 10.5. The molecule has 4 heteroatoms. The molecular weight excluding hydrogens is 276 g/mol. The molecule has 2 amide bonds. The Bertz CT molecular complexity index is 548. The zero-order valence-corrected chi connectivity index (χ0v) is 14.0. The summed E-state index contributed by atoms with van der Waals surface area (Å²) in [4.78, 5) is 26.4. The molecule has 1 saturated carbocycles. The van der Waals surface area contributed by atoms with Crippen LogP contribution in [0.4, 0.5) is 5.69 Å². The number of hydrogen-bond donors (Lipinski definition) is 1. The summed E-state index contributed by atoms with van der Waals surface area (Å²) in [5.74, 6) is -0.225. The number of anilines is 1. The maximum atomic E-state index is 12.3. The molecule has 2 atom stereocenters. The van der Waals surface area contributed by atoms with Gasteiger partial charge in [0.25, 0.3) is 0 Å². The summed E-state index contributed by atoms with van der Waals surface area (Å²) in [5.41, 5.74) is 2.99. The monoisotopic (exact) mass is 302 g/mol. The van der Waals surface area contributed by atoms with Crippen molar-refractivity contribution in [1.29, 1.82) is 0 Å². The first-order valence-electron chi connectivity index (χ1n) is 8.07. The van der Waals surface area contributed by atoms with Crippen molar-refractivity contribution in [2.75, 3.05) is 18.9 Å². The molecule has 1 fully saturated rings. The molecule has 4 nitrogen and oxygen atoms in total. The van der Waals surface area contributed by atoms with Crippen LogP contribution in [0.1, 0.15) is 37.3 Å². The fourth-order valence-electron chi connectivity index (χ4n) is 2.77. The summed E-state index contributed by atoms with van der Waals surface area (Å²) >= 11 is 0. The Hall–Kier alpha value is -1.84. The number of benzene rings is 1. The third-order valence-corrected chi connectivity index (χ3v) is 4.40. The van der Waals surface area contributed by atoms with E-state index in [1.165, 1.54) is 0 Å². The molecule has 0 bridgehead atoms. The second-order valence-corrected chi connectivity index (χ2v) is 6.32. The maximum Gasteiger partial charge on any atom is 0.228 e. The van der Waals surface area contributed by atoms with Crippen LogP contribution >= 0.6 is 0 Å². The number of nitrogens with zero attached hydrogens (tertiary/aromatic N) is 1. The summed E-state index contributed by atoms with van der Waals surface area (Å²) < 4.78 is 0. The van der Waals surface area contributed by atoms with Crippen LogP contribution in [-0.2, 0) is 9.59 Å². The molecule has 2 unspecified atom stereocenters. The van der Waals surface area contributed by atoms with Crippen molar-refractivity contribution < 1.29 is 9.59 Å². The Morgan fingerprint density at radius 2 is 1.86 bits per heavy atom. The Labute approximate surface area is 132 Å². The number of carbonyl (C=O) groups excluding carboxylic acids is 2. The highest BCUT2D eigenvalue weighted by Gasteiger charge is 2.49. The Morgan fingerprint density at radius 3 is 2.45 bits per heavy atom. The van der Waals surface area contributed by atoms with Crippen molar-refractivity contribution in [1.82, 2.24) is 4.90 Å². The van der Waals surface area contributed by atoms with E-state index in [-0.39, 0.29) is 23.7 Å². The van der Waals surface area contributed by atoms with Crippen LogP contribution in [0.5, 0.6) is 0 Å². The predicted octanol–water partition coefficient (Wildman–Crippen LogP) is 3.14. The van der Waals surface area contributed by atoms with Gasteiger partial charge in [-0.15, -0.1) is 0 Å². The maximum absolute atomic E-state index is 12.3. The number of amides is 2. The van der Waals surface area contributed by atoms with Crippen molar-refractivity contribution in [2.45, 2.75) is 40.0 Å². The molecule has 0 aliphatic heterocycles. The third kappa shape index (κ3) is 3.67. The highest BCUT2D eigenvalue weighted by atomic mass is 16.2. The van der Waals surface area contributed by atoms with E-state index in [0.717, 1.165) is 36.2 Å². The fraction of sp³-hybridized carbons (Fsp3) is 0.556. The van der Waals surface area contributed by atoms with Crippen molar-refractivity contribution in [3.05, 3.63) is 29.3 Å². The van der Waals surface area contributed by atoms with Gasteiger partial charge in [0.05, 0.1) is 11.8 Å². The van der Waals surface area contributed by atoms with Gasteiger partial charge >= 0.3 is 0 Å². The first kappa shape index (κ1) is 16.5. The molecule has 22 heavy (non-hydrogen) atoms. The minimum absolute atomic E-state index is 0.0281. The zero-order valence-electron chi connectivity index (χ0n) is 14.0. The number of nitrogens with one attached hydrogen (secondary N) is 1. The van der Waals surface area contributed by atoms with Crippen molar-refractivity contribution in [2.24, 2.45) is 11.8 Å². The Kier molecular flexibility index (Phi) is 5.22. The van der Waals surface area contributed by atoms with E-state index in [2.05, 4.69) is 12.2 Å². The SMILES string of the molecule is CCCCN(C)C(=O)C1CC1C(=O)Nc1c(C)cccc1C. The van der Waals surface area contributed by atoms with Gasteiger partial charge in [0.1, 0.15) is 0 Å². The minimum atomic E-state index is -0.171. The summed E-state index contributed by atoms with van der Waals surface area (Å²) in [6.45, 7) is 6.85. The van der Waals surface area contributed by atoms with Crippen LogP contribution in [0.15, 0.2) is 18.2 Å². The van der Waals surface area contributed by atoms with E-state index in [1.54, 1.807) is 4.90 Å². The number of unbranched alkanes of at least 4 members (excludes halogenated alkanes) is 1. The highest BCUT2D eigenvalue weighted by Crippen LogP contribution is 2.41. The standard InChI is InChI=1S/C18H26N2O2/c1-5-6-10-20(4)18(22)15-11-14(15)17(21)19-16-12(2)8-7-9-13(16)3/h7-9,14-15H,5-6,10-11H2,1-4H3,(H,19,21). The van der Waals surface area contributed by atoms with E-state index in [4.69, 9.17) is 0 Å². The summed E-state index contributed by atoms with van der Waals surface area (Å²) in [5, 5.41) is 3.00. The van der Waals surface area contributed by atoms with Gasteiger partial charge in [-0.3, -0.25) is 9.59 Å². The van der Waals surface area contributed by atoms with E-state index in [0.29, 0.717) is 6.42 Å². The van der Waals surface area contributed by atoms with Crippen molar-refractivity contribution in [3.8, 4) is 0 Å². The van der Waals surface area contributed by atoms with Gasteiger partial charge in [-0.1, -0.05) is 31.5 Å². The van der Waals surface area contributed by atoms with Gasteiger partial charge in [-0.25, -0.2) is 0 Å². The van der Waals surface area contributed by atoms with Gasteiger partial charge < -0.3 is 10.2 Å². The van der Waals surface area contributed by atoms with Gasteiger partial charge in [-0.05, 0) is 37.8 Å². The number of para-hydroxylation sites is 1. The second-order valence-electron chi connectivity index (χ2n) is 6.32. The van der Waals surface area contributed by atoms with Crippen LogP contribution < -0.4 is 5.32 Å². The zero-order chi connectivity index (χ0) is 16.3. The number of hydrogen-bond acceptors (Lipinski definition) is 2. The fourth-order valence-corrected chi connectivity index (χ4v) is 2.77. The van der Waals surface area contributed by atoms with E-state index >= 15 is 0 Å². The second kappa shape index (κ2) is 6.95. The normalized spacial score (nSPS) is 19.6. The molecular formula is C18H26N2O2. The van der Waals surface area contributed by atoms with Crippen LogP contribution in [0, 0.1) is 25.7 Å². The van der Waals surface area contributed by atoms with Gasteiger partial charge in [0, 0.05) is 19.3 Å². The molecule has 0 heterocycles. The smallest absolute Gasteiger partial charge is 0.228 e. The number of rotatable bonds is 6. The lowest BCUT2D eigenvalue weighted by Crippen LogP contribution is -2.30. The number of aryl methyl sites for hydroxylation is 2. The molecule has 0 aromatic heterocycles. The van der Waals surface area contributed by atoms with Crippen LogP contribution in [-0.4, -0.2) is 30.3 Å². The average Bonchev–Trinajstić information content (AvgIpc) is 3.28. The quantitative estimate of drug-likeness (QED) is 0.877. The molecule has 2 rings (SSSR count). The molecule has 1 aliphatic carbocycles. The van der Waals surface area contributed by atoms with E-state index < -0.39 is 0 Å². The Balaban J connectivity index is 1.92. The third-order valence-electron chi connectivity index (χ3n) is 4.40. The molecule has 120 valence electrons. The molecule has 0 spiro atoms. The van der Waals surface area contributed by atoms with Gasteiger partial charge in [-0.2, -0.15) is 0 Å². The van der Waals surface area contributed by atoms with Crippen LogP contribution in [0.3, 0.4) is 0 Å². The minimum Gasteiger partial charge on any atom is -0.346 e. The molecule has 1 aromatic carbocycles. The average molecular weight is 302 g/mol. The van der Waals surface area contributed by atoms with E-state index in [1.807, 2.05) is 39.1 Å². The van der Waals surface area contributed by atoms with Crippen molar-refractivity contribution in [3.63, 3.8) is 0 Å². The molecule has 1 N–H and O–H groups in total. The molecule has 1 aliphatic rings. The predicted molar refractivity (Wildman–Crippen MR) is 88.7 cm³/mol. The lowest BCUT2D eigenvalue weighted by atomic mass is 10.1. The number of carbonyl (C=O) groups is 2. The van der Waals surface area contributed by atoms with Crippen LogP contribution in [0.2, 0.25) is 0 Å². The molecule has 0 radical (unpaired) electrons. The first-order valence-corrected chi connectivity index (χ1v) is 8.07. The molecule has 0 saturated heterocycles. The summed E-state index contributed by atoms with van der Waals surface area (Å²) in [6.07, 6.45) is 2.75. The van der Waals surface area contributed by atoms with Gasteiger partial charge in [0.15, 0.2) is 0 Å². The Morgan fingerprint density at radius 1 is 1.23 bits per heavy atom. The van der Waals surface area contributed by atoms with Crippen molar-refractivity contribution >= 4 is 17.5 Å². The lowest BCUT2D eigenvalue weighted by Gasteiger charge is -2.17. The van der Waals surface area contributed by atoms with Crippen LogP contribution in [0.25, 0.3) is 0 Å². The topological polar surface area (TPSA) is 49.4 Å². The van der Waals surface area contributed by atoms with E-state index in [9.17, 15) is 9.59 Å². The summed E-state index contributed by atoms with van der Waals surface area (Å²) in [6, 6.07) is 5.94. The molecule has 1 aromatic rings. The highest BCUT2D eigenvalue weighted by molar-refractivity contribution is 6.00. The largest absolute Gasteiger partial charge is 0.346 e. The lowest BCUT2D eigenvalue weighted by molar-refractivity contribution is -0.132.